The second-order valence-corrected chi connectivity index (χ2v) is 6.20. The summed E-state index contributed by atoms with van der Waals surface area (Å²) >= 11 is 0. The zero-order valence-electron chi connectivity index (χ0n) is 13.1. The lowest BCUT2D eigenvalue weighted by Crippen LogP contribution is -2.44. The molecule has 0 aromatic heterocycles. The topological polar surface area (TPSA) is 55.1 Å². The summed E-state index contributed by atoms with van der Waals surface area (Å²) in [6.45, 7) is 2.80. The molecule has 0 aliphatic heterocycles. The molecule has 1 atom stereocenters. The van der Waals surface area contributed by atoms with Crippen molar-refractivity contribution in [2.75, 3.05) is 13.1 Å². The molecule has 1 aliphatic carbocycles. The van der Waals surface area contributed by atoms with Crippen molar-refractivity contribution < 1.29 is 9.18 Å². The fourth-order valence-corrected chi connectivity index (χ4v) is 3.14. The lowest BCUT2D eigenvalue weighted by atomic mass is 9.69. The summed E-state index contributed by atoms with van der Waals surface area (Å²) in [5.74, 6) is -0.381. The zero-order chi connectivity index (χ0) is 15.3. The number of benzene rings is 1. The molecule has 22 heavy (non-hydrogen) atoms. The van der Waals surface area contributed by atoms with E-state index >= 15 is 0 Å². The monoisotopic (exact) mass is 328 g/mol. The number of carbonyl (C=O) groups is 1. The van der Waals surface area contributed by atoms with E-state index in [9.17, 15) is 9.18 Å². The van der Waals surface area contributed by atoms with Crippen LogP contribution >= 0.6 is 12.4 Å². The van der Waals surface area contributed by atoms with Crippen LogP contribution < -0.4 is 11.1 Å². The first-order valence-corrected chi connectivity index (χ1v) is 7.81. The molecule has 1 saturated carbocycles. The first kappa shape index (κ1) is 18.9. The Bertz CT molecular complexity index is 472. The minimum atomic E-state index is -0.217. The summed E-state index contributed by atoms with van der Waals surface area (Å²) in [5, 5.41) is 3.04. The van der Waals surface area contributed by atoms with Gasteiger partial charge < -0.3 is 11.1 Å². The van der Waals surface area contributed by atoms with Gasteiger partial charge in [0.05, 0.1) is 0 Å². The molecule has 0 bridgehead atoms. The fourth-order valence-electron chi connectivity index (χ4n) is 3.14. The molecule has 2 rings (SSSR count). The summed E-state index contributed by atoms with van der Waals surface area (Å²) in [5.41, 5.74) is 6.61. The van der Waals surface area contributed by atoms with Crippen LogP contribution in [0.3, 0.4) is 0 Å². The van der Waals surface area contributed by atoms with Gasteiger partial charge in [0.2, 0.25) is 5.91 Å². The largest absolute Gasteiger partial charge is 0.355 e. The van der Waals surface area contributed by atoms with Gasteiger partial charge in [-0.3, -0.25) is 4.79 Å². The van der Waals surface area contributed by atoms with Crippen LogP contribution in [0.1, 0.15) is 44.6 Å². The van der Waals surface area contributed by atoms with Crippen molar-refractivity contribution >= 4 is 18.3 Å². The highest BCUT2D eigenvalue weighted by atomic mass is 35.5. The smallest absolute Gasteiger partial charge is 0.224 e. The Labute approximate surface area is 138 Å². The molecule has 0 radical (unpaired) electrons. The van der Waals surface area contributed by atoms with Crippen molar-refractivity contribution in [1.29, 1.82) is 0 Å². The van der Waals surface area contributed by atoms with Gasteiger partial charge in [-0.15, -0.1) is 12.4 Å². The van der Waals surface area contributed by atoms with E-state index in [1.807, 2.05) is 19.1 Å². The number of rotatable bonds is 5. The van der Waals surface area contributed by atoms with Crippen LogP contribution in [0.4, 0.5) is 4.39 Å². The maximum Gasteiger partial charge on any atom is 0.224 e. The minimum absolute atomic E-state index is 0. The first-order valence-electron chi connectivity index (χ1n) is 7.81. The molecule has 0 spiro atoms. The Balaban J connectivity index is 0.00000242. The minimum Gasteiger partial charge on any atom is -0.355 e. The summed E-state index contributed by atoms with van der Waals surface area (Å²) in [4.78, 5) is 12.0. The van der Waals surface area contributed by atoms with Gasteiger partial charge in [-0.25, -0.2) is 4.39 Å². The van der Waals surface area contributed by atoms with Gasteiger partial charge in [-0.1, -0.05) is 38.3 Å². The summed E-state index contributed by atoms with van der Waals surface area (Å²) in [6, 6.07) is 6.74. The zero-order valence-corrected chi connectivity index (χ0v) is 13.9. The fraction of sp³-hybridized carbons (Fsp3) is 0.588. The van der Waals surface area contributed by atoms with Crippen LogP contribution in [0.2, 0.25) is 0 Å². The van der Waals surface area contributed by atoms with E-state index in [1.54, 1.807) is 0 Å². The third kappa shape index (κ3) is 4.43. The molecule has 3 nitrogen and oxygen atoms in total. The van der Waals surface area contributed by atoms with E-state index in [-0.39, 0.29) is 35.5 Å². The average Bonchev–Trinajstić information content (AvgIpc) is 2.53. The molecule has 5 heteroatoms. The van der Waals surface area contributed by atoms with E-state index in [1.165, 1.54) is 18.6 Å². The summed E-state index contributed by atoms with van der Waals surface area (Å²) in [6.07, 6.45) is 5.61. The SMILES string of the molecule is CC(CN)C(=O)NCC1(c2ccc(F)cc2)CCCCC1.Cl. The van der Waals surface area contributed by atoms with Crippen LogP contribution in [0, 0.1) is 11.7 Å². The number of nitrogens with one attached hydrogen (secondary N) is 1. The van der Waals surface area contributed by atoms with Gasteiger partial charge >= 0.3 is 0 Å². The van der Waals surface area contributed by atoms with Gasteiger partial charge in [0, 0.05) is 24.4 Å². The number of nitrogens with two attached hydrogens (primary N) is 1. The molecule has 1 unspecified atom stereocenters. The highest BCUT2D eigenvalue weighted by Gasteiger charge is 2.34. The summed E-state index contributed by atoms with van der Waals surface area (Å²) in [7, 11) is 0. The predicted molar refractivity (Wildman–Crippen MR) is 89.6 cm³/mol. The standard InChI is InChI=1S/C17H25FN2O.ClH/c1-13(11-19)16(21)20-12-17(9-3-2-4-10-17)14-5-7-15(18)8-6-14;/h5-8,13H,2-4,9-12,19H2,1H3,(H,20,21);1H. The predicted octanol–water partition coefficient (Wildman–Crippen LogP) is 3.16. The molecule has 0 saturated heterocycles. The van der Waals surface area contributed by atoms with E-state index < -0.39 is 0 Å². The van der Waals surface area contributed by atoms with Crippen molar-refractivity contribution in [3.8, 4) is 0 Å². The lowest BCUT2D eigenvalue weighted by molar-refractivity contribution is -0.124. The highest BCUT2D eigenvalue weighted by molar-refractivity contribution is 5.85. The van der Waals surface area contributed by atoms with E-state index in [4.69, 9.17) is 5.73 Å². The number of hydrogen-bond donors (Lipinski definition) is 2. The molecule has 0 heterocycles. The van der Waals surface area contributed by atoms with E-state index in [2.05, 4.69) is 5.32 Å². The van der Waals surface area contributed by atoms with Crippen molar-refractivity contribution in [3.63, 3.8) is 0 Å². The van der Waals surface area contributed by atoms with Crippen molar-refractivity contribution in [2.24, 2.45) is 11.7 Å². The third-order valence-corrected chi connectivity index (χ3v) is 4.67. The molecule has 1 aliphatic rings. The van der Waals surface area contributed by atoms with E-state index in [0.29, 0.717) is 13.1 Å². The Kier molecular flexibility index (Phi) is 7.30. The molecule has 1 fully saturated rings. The molecule has 3 N–H and O–H groups in total. The van der Waals surface area contributed by atoms with Gasteiger partial charge in [-0.2, -0.15) is 0 Å². The number of carbonyl (C=O) groups excluding carboxylic acids is 1. The number of hydrogen-bond acceptors (Lipinski definition) is 2. The maximum atomic E-state index is 13.2. The van der Waals surface area contributed by atoms with Crippen molar-refractivity contribution in [2.45, 2.75) is 44.4 Å². The first-order chi connectivity index (χ1) is 10.1. The molecular formula is C17H26ClFN2O. The average molecular weight is 329 g/mol. The Hall–Kier alpha value is -1.13. The molecule has 124 valence electrons. The Morgan fingerprint density at radius 1 is 1.27 bits per heavy atom. The molecule has 1 amide bonds. The highest BCUT2D eigenvalue weighted by Crippen LogP contribution is 2.39. The Morgan fingerprint density at radius 2 is 1.86 bits per heavy atom. The maximum absolute atomic E-state index is 13.2. The van der Waals surface area contributed by atoms with Crippen molar-refractivity contribution in [3.05, 3.63) is 35.6 Å². The quantitative estimate of drug-likeness (QED) is 0.872. The molecule has 1 aromatic carbocycles. The normalized spacial score (nSPS) is 18.1. The number of halogens is 2. The van der Waals surface area contributed by atoms with Crippen molar-refractivity contribution in [1.82, 2.24) is 5.32 Å². The lowest BCUT2D eigenvalue weighted by Gasteiger charge is -2.38. The molecular weight excluding hydrogens is 303 g/mol. The van der Waals surface area contributed by atoms with Gasteiger partial charge in [0.25, 0.3) is 0 Å². The van der Waals surface area contributed by atoms with Gasteiger partial charge in [0.15, 0.2) is 0 Å². The second-order valence-electron chi connectivity index (χ2n) is 6.20. The van der Waals surface area contributed by atoms with Crippen LogP contribution in [0.15, 0.2) is 24.3 Å². The van der Waals surface area contributed by atoms with Crippen LogP contribution in [-0.2, 0) is 10.2 Å². The third-order valence-electron chi connectivity index (χ3n) is 4.67. The Morgan fingerprint density at radius 3 is 2.41 bits per heavy atom. The second kappa shape index (κ2) is 8.49. The number of amides is 1. The van der Waals surface area contributed by atoms with Crippen LogP contribution in [0.5, 0.6) is 0 Å². The van der Waals surface area contributed by atoms with Gasteiger partial charge in [-0.05, 0) is 30.5 Å². The van der Waals surface area contributed by atoms with Crippen LogP contribution in [0.25, 0.3) is 0 Å². The van der Waals surface area contributed by atoms with E-state index in [0.717, 1.165) is 31.2 Å². The molecule has 1 aromatic rings. The van der Waals surface area contributed by atoms with Crippen LogP contribution in [-0.4, -0.2) is 19.0 Å². The van der Waals surface area contributed by atoms with Gasteiger partial charge in [0.1, 0.15) is 5.82 Å². The summed E-state index contributed by atoms with van der Waals surface area (Å²) < 4.78 is 13.2.